The van der Waals surface area contributed by atoms with Crippen LogP contribution in [0.2, 0.25) is 0 Å². The third-order valence-electron chi connectivity index (χ3n) is 30.1. The molecule has 12 heteroatoms. The van der Waals surface area contributed by atoms with Gasteiger partial charge in [0, 0.05) is 115 Å². The highest BCUT2D eigenvalue weighted by molar-refractivity contribution is 6.26. The van der Waals surface area contributed by atoms with E-state index in [0.29, 0.717) is 17.8 Å². The molecule has 0 saturated carbocycles. The molecule has 0 spiro atoms. The fraction of sp³-hybridized carbons (Fsp3) is 0. The van der Waals surface area contributed by atoms with Crippen LogP contribution in [0.5, 0.6) is 0 Å². The molecule has 0 aliphatic heterocycles. The molecule has 0 bridgehead atoms. The van der Waals surface area contributed by atoms with Crippen molar-refractivity contribution < 1.29 is 0 Å². The van der Waals surface area contributed by atoms with Crippen LogP contribution >= 0.6 is 0 Å². The van der Waals surface area contributed by atoms with Crippen LogP contribution in [0.4, 0.5) is 0 Å². The zero-order valence-corrected chi connectivity index (χ0v) is 79.9. The number of benzene rings is 23. The molecular weight excluding hydrogens is 1800 g/mol. The zero-order chi connectivity index (χ0) is 97.1. The maximum Gasteiger partial charge on any atom is 0.235 e. The maximum absolute atomic E-state index is 5.40. The summed E-state index contributed by atoms with van der Waals surface area (Å²) in [5, 5.41) is 27.4. The fourth-order valence-electron chi connectivity index (χ4n) is 23.5. The Morgan fingerprint density at radius 1 is 0.122 bits per heavy atom. The first-order valence-corrected chi connectivity index (χ1v) is 50.3. The molecule has 688 valence electrons. The lowest BCUT2D eigenvalue weighted by Crippen LogP contribution is -2.03. The first-order chi connectivity index (χ1) is 73.4. The van der Waals surface area contributed by atoms with Gasteiger partial charge in [-0.3, -0.25) is 13.7 Å². The van der Waals surface area contributed by atoms with Crippen LogP contribution < -0.4 is 0 Å². The average molecular weight is 1890 g/mol. The number of rotatable bonds is 10. The summed E-state index contributed by atoms with van der Waals surface area (Å²) in [6, 6.07) is 182. The molecule has 0 fully saturated rings. The van der Waals surface area contributed by atoms with Crippen molar-refractivity contribution in [2.75, 3.05) is 0 Å². The molecule has 0 aliphatic carbocycles. The van der Waals surface area contributed by atoms with E-state index in [1.165, 1.54) is 147 Å². The summed E-state index contributed by atoms with van der Waals surface area (Å²) in [4.78, 5) is 31.8. The van der Waals surface area contributed by atoms with Crippen LogP contribution in [-0.4, -0.2) is 57.3 Å². The molecule has 0 atom stereocenters. The number of nitrogens with zero attached hydrogens (tertiary/aromatic N) is 12. The van der Waals surface area contributed by atoms with Gasteiger partial charge in [-0.1, -0.05) is 376 Å². The van der Waals surface area contributed by atoms with Crippen molar-refractivity contribution >= 4 is 207 Å². The van der Waals surface area contributed by atoms with Gasteiger partial charge in [-0.15, -0.1) is 0 Å². The fourth-order valence-corrected chi connectivity index (χ4v) is 23.5. The predicted molar refractivity (Wildman–Crippen MR) is 616 cm³/mol. The van der Waals surface area contributed by atoms with Gasteiger partial charge in [0.05, 0.1) is 99.8 Å². The molecule has 148 heavy (non-hydrogen) atoms. The third-order valence-corrected chi connectivity index (χ3v) is 30.1. The number of aromatic nitrogens is 12. The van der Waals surface area contributed by atoms with Gasteiger partial charge in [0.1, 0.15) is 0 Å². The smallest absolute Gasteiger partial charge is 0.235 e. The van der Waals surface area contributed by atoms with Gasteiger partial charge in [-0.05, 0) is 188 Å². The van der Waals surface area contributed by atoms with Crippen LogP contribution in [-0.2, 0) is 0 Å². The summed E-state index contributed by atoms with van der Waals surface area (Å²) in [7, 11) is 0. The van der Waals surface area contributed by atoms with Gasteiger partial charge in [0.15, 0.2) is 0 Å². The summed E-state index contributed by atoms with van der Waals surface area (Å²) in [5.74, 6) is 1.98. The van der Waals surface area contributed by atoms with Crippen molar-refractivity contribution in [3.05, 3.63) is 510 Å². The second kappa shape index (κ2) is 33.8. The standard InChI is InChI=1S/C48H30N4.C46H28N4.C42H26N4/c1-2-12-31(13-3-1)32-22-24-34(25-23-32)47-39-18-6-9-19-41(39)49-48(50-47)52-44-29-27-35(30-40(44)46-36-15-5-4-14-33(36)26-28-45(46)52)51-42-20-10-7-16-37(42)38-17-8-11-21-43(38)51;1-2-13-31-27-32(22-21-29(31)11-1)45-37-17-5-8-18-39(37)47-46(48-45)50-42-26-24-33(28-38(42)44-34-14-4-3-12-30(34)23-25-43(44)50)49-40-19-9-6-15-35(40)36-16-7-10-20-41(36)49;1-2-13-28(14-3-1)41-33-18-6-9-19-35(33)43-42(44-41)46-38-25-23-29(26-34(38)40-30-15-5-4-12-27(30)22-24-39(40)46)45-36-20-10-7-16-31(36)32-17-8-11-21-37(32)45/h1-30H;1-28H;1-26H. The number of hydrogen-bond acceptors (Lipinski definition) is 6. The molecule has 32 rings (SSSR count). The molecule has 9 aromatic heterocycles. The van der Waals surface area contributed by atoms with Crippen molar-refractivity contribution in [2.45, 2.75) is 0 Å². The largest absolute Gasteiger partial charge is 0.309 e. The minimum absolute atomic E-state index is 0.653. The Morgan fingerprint density at radius 2 is 0.351 bits per heavy atom. The Bertz CT molecular complexity index is 11000. The molecule has 0 amide bonds. The van der Waals surface area contributed by atoms with Crippen molar-refractivity contribution in [1.29, 1.82) is 0 Å². The van der Waals surface area contributed by atoms with E-state index >= 15 is 0 Å². The van der Waals surface area contributed by atoms with Crippen molar-refractivity contribution in [1.82, 2.24) is 57.3 Å². The van der Waals surface area contributed by atoms with Crippen LogP contribution in [0.1, 0.15) is 0 Å². The third kappa shape index (κ3) is 13.3. The topological polar surface area (TPSA) is 107 Å². The summed E-state index contributed by atoms with van der Waals surface area (Å²) < 4.78 is 13.9. The Labute approximate surface area is 847 Å². The number of hydrogen-bond donors (Lipinski definition) is 0. The van der Waals surface area contributed by atoms with Crippen molar-refractivity contribution in [3.63, 3.8) is 0 Å². The van der Waals surface area contributed by atoms with Crippen LogP contribution in [0.25, 0.3) is 286 Å². The van der Waals surface area contributed by atoms with Gasteiger partial charge in [0.25, 0.3) is 0 Å². The summed E-state index contributed by atoms with van der Waals surface area (Å²) in [5.41, 5.74) is 28.1. The monoisotopic (exact) mass is 1880 g/mol. The maximum atomic E-state index is 5.40. The second-order valence-electron chi connectivity index (χ2n) is 38.3. The van der Waals surface area contributed by atoms with Crippen LogP contribution in [0.15, 0.2) is 510 Å². The zero-order valence-electron chi connectivity index (χ0n) is 79.9. The van der Waals surface area contributed by atoms with Crippen LogP contribution in [0, 0.1) is 0 Å². The first-order valence-electron chi connectivity index (χ1n) is 50.3. The van der Waals surface area contributed by atoms with Gasteiger partial charge in [-0.2, -0.15) is 0 Å². The molecule has 0 unspecified atom stereocenters. The van der Waals surface area contributed by atoms with Crippen molar-refractivity contribution in [3.8, 4) is 79.8 Å². The highest BCUT2D eigenvalue weighted by Crippen LogP contribution is 2.47. The van der Waals surface area contributed by atoms with E-state index in [1.807, 2.05) is 12.1 Å². The molecule has 32 aromatic rings. The molecule has 0 aliphatic rings. The van der Waals surface area contributed by atoms with Crippen molar-refractivity contribution in [2.24, 2.45) is 0 Å². The van der Waals surface area contributed by atoms with E-state index in [-0.39, 0.29) is 0 Å². The highest BCUT2D eigenvalue weighted by Gasteiger charge is 2.28. The quantitative estimate of drug-likeness (QED) is 0.135. The lowest BCUT2D eigenvalue weighted by molar-refractivity contribution is 1.01. The normalized spacial score (nSPS) is 11.9. The lowest BCUT2D eigenvalue weighted by Gasteiger charge is -2.13. The Kier molecular flexibility index (Phi) is 19.1. The average Bonchev–Trinajstić information content (AvgIpc) is 1.56. The Morgan fingerprint density at radius 3 is 0.696 bits per heavy atom. The minimum atomic E-state index is 0.653. The molecule has 0 N–H and O–H groups in total. The minimum Gasteiger partial charge on any atom is -0.309 e. The first kappa shape index (κ1) is 83.7. The van der Waals surface area contributed by atoms with Gasteiger partial charge < -0.3 is 13.7 Å². The van der Waals surface area contributed by atoms with Gasteiger partial charge >= 0.3 is 0 Å². The van der Waals surface area contributed by atoms with E-state index in [1.54, 1.807) is 0 Å². The number of fused-ring (bicyclic) bond motifs is 28. The predicted octanol–water partition coefficient (Wildman–Crippen LogP) is 34.8. The summed E-state index contributed by atoms with van der Waals surface area (Å²) >= 11 is 0. The number of para-hydroxylation sites is 9. The molecule has 9 heterocycles. The summed E-state index contributed by atoms with van der Waals surface area (Å²) in [6.45, 7) is 0. The van der Waals surface area contributed by atoms with E-state index in [0.717, 1.165) is 122 Å². The summed E-state index contributed by atoms with van der Waals surface area (Å²) in [6.07, 6.45) is 0. The van der Waals surface area contributed by atoms with Gasteiger partial charge in [0.2, 0.25) is 17.8 Å². The molecule has 12 nitrogen and oxygen atoms in total. The van der Waals surface area contributed by atoms with E-state index in [2.05, 4.69) is 525 Å². The second-order valence-corrected chi connectivity index (χ2v) is 38.3. The molecule has 23 aromatic carbocycles. The van der Waals surface area contributed by atoms with E-state index in [4.69, 9.17) is 29.9 Å². The highest BCUT2D eigenvalue weighted by atomic mass is 15.2. The Balaban J connectivity index is 0.000000103. The SMILES string of the molecule is c1ccc(-c2ccc(-c3nc(-n4c5ccc(-n6c7ccccc7c7ccccc76)cc5c5c6ccccc6ccc54)nc4ccccc34)cc2)cc1.c1ccc(-c2nc(-n3c4ccc(-n5c6ccccc6c6ccccc65)cc4c4c5ccccc5ccc43)nc3ccccc23)cc1.c1ccc2cc(-c3nc(-n4c5ccc(-n6c7ccccc7c7ccccc76)cc5c5c6ccccc6ccc54)nc4ccccc34)ccc2c1. The molecule has 0 saturated heterocycles. The lowest BCUT2D eigenvalue weighted by atomic mass is 10.0. The molecule has 0 radical (unpaired) electrons. The Hall–Kier alpha value is -20.1. The van der Waals surface area contributed by atoms with Gasteiger partial charge in [-0.25, -0.2) is 29.9 Å². The van der Waals surface area contributed by atoms with Crippen LogP contribution in [0.3, 0.4) is 0 Å². The van der Waals surface area contributed by atoms with E-state index in [9.17, 15) is 0 Å². The molecular formula is C136H84N12. The van der Waals surface area contributed by atoms with E-state index < -0.39 is 0 Å².